The summed E-state index contributed by atoms with van der Waals surface area (Å²) in [4.78, 5) is 27.0. The van der Waals surface area contributed by atoms with Crippen LogP contribution >= 0.6 is 0 Å². The van der Waals surface area contributed by atoms with E-state index in [0.29, 0.717) is 11.5 Å². The van der Waals surface area contributed by atoms with Gasteiger partial charge in [-0.1, -0.05) is 20.8 Å². The first-order chi connectivity index (χ1) is 13.1. The highest BCUT2D eigenvalue weighted by atomic mass is 16.2. The Morgan fingerprint density at radius 2 is 2.00 bits per heavy atom. The van der Waals surface area contributed by atoms with Gasteiger partial charge in [-0.15, -0.1) is 0 Å². The van der Waals surface area contributed by atoms with Crippen molar-refractivity contribution in [1.82, 2.24) is 19.4 Å². The molecule has 0 saturated carbocycles. The second kappa shape index (κ2) is 7.33. The molecule has 2 aliphatic heterocycles. The molecule has 2 aromatic rings. The number of aromatic nitrogens is 3. The van der Waals surface area contributed by atoms with Gasteiger partial charge in [0.1, 0.15) is 0 Å². The Morgan fingerprint density at radius 3 is 2.70 bits per heavy atom. The summed E-state index contributed by atoms with van der Waals surface area (Å²) in [5.41, 5.74) is 2.74. The molecule has 4 heterocycles. The highest BCUT2D eigenvalue weighted by molar-refractivity contribution is 5.95. The zero-order chi connectivity index (χ0) is 19.0. The van der Waals surface area contributed by atoms with Gasteiger partial charge >= 0.3 is 0 Å². The molecule has 0 aromatic carbocycles. The molecule has 4 rings (SSSR count). The number of aryl methyl sites for hydroxylation is 1. The lowest BCUT2D eigenvalue weighted by molar-refractivity contribution is 0.0554. The van der Waals surface area contributed by atoms with Crippen LogP contribution in [0, 0.1) is 5.92 Å². The highest BCUT2D eigenvalue weighted by Crippen LogP contribution is 2.33. The van der Waals surface area contributed by atoms with E-state index in [-0.39, 0.29) is 11.9 Å². The molecule has 2 aliphatic rings. The van der Waals surface area contributed by atoms with E-state index >= 15 is 0 Å². The lowest BCUT2D eigenvalue weighted by atomic mass is 9.96. The Kier molecular flexibility index (Phi) is 4.89. The molecule has 1 saturated heterocycles. The van der Waals surface area contributed by atoms with Gasteiger partial charge in [-0.2, -0.15) is 0 Å². The minimum absolute atomic E-state index is 0.0611. The largest absolute Gasteiger partial charge is 0.348 e. The molecular weight excluding hydrogens is 338 g/mol. The van der Waals surface area contributed by atoms with Crippen LogP contribution in [0.2, 0.25) is 0 Å². The summed E-state index contributed by atoms with van der Waals surface area (Å²) in [6.07, 6.45) is 6.98. The van der Waals surface area contributed by atoms with Gasteiger partial charge in [-0.05, 0) is 37.3 Å². The van der Waals surface area contributed by atoms with Gasteiger partial charge in [0, 0.05) is 44.3 Å². The van der Waals surface area contributed by atoms with Crippen LogP contribution in [-0.2, 0) is 13.0 Å². The normalized spacial score (nSPS) is 19.6. The Morgan fingerprint density at radius 1 is 1.22 bits per heavy atom. The summed E-state index contributed by atoms with van der Waals surface area (Å²) in [6.45, 7) is 10.0. The van der Waals surface area contributed by atoms with Crippen LogP contribution in [0.25, 0.3) is 0 Å². The van der Waals surface area contributed by atoms with Crippen molar-refractivity contribution in [3.8, 4) is 0 Å². The van der Waals surface area contributed by atoms with Crippen LogP contribution < -0.4 is 4.90 Å². The lowest BCUT2D eigenvalue weighted by Gasteiger charge is -2.39. The number of hydrogen-bond acceptors (Lipinski definition) is 4. The first-order valence-corrected chi connectivity index (χ1v) is 10.2. The topological polar surface area (TPSA) is 54.3 Å². The number of rotatable bonds is 4. The predicted molar refractivity (Wildman–Crippen MR) is 106 cm³/mol. The molecule has 6 nitrogen and oxygen atoms in total. The van der Waals surface area contributed by atoms with Crippen LogP contribution in [0.15, 0.2) is 24.5 Å². The van der Waals surface area contributed by atoms with Gasteiger partial charge in [0.15, 0.2) is 0 Å². The van der Waals surface area contributed by atoms with Crippen LogP contribution in [0.4, 0.5) is 5.95 Å². The van der Waals surface area contributed by atoms with Gasteiger partial charge in [-0.25, -0.2) is 9.97 Å². The summed E-state index contributed by atoms with van der Waals surface area (Å²) in [5, 5.41) is 0. The van der Waals surface area contributed by atoms with Crippen molar-refractivity contribution in [1.29, 1.82) is 0 Å². The van der Waals surface area contributed by atoms with Crippen molar-refractivity contribution in [2.45, 2.75) is 52.6 Å². The molecule has 1 fully saturated rings. The predicted octanol–water partition coefficient (Wildman–Crippen LogP) is 3.29. The van der Waals surface area contributed by atoms with E-state index in [1.165, 1.54) is 18.5 Å². The fourth-order valence-electron chi connectivity index (χ4n) is 4.42. The Hall–Kier alpha value is -2.37. The van der Waals surface area contributed by atoms with Crippen molar-refractivity contribution < 1.29 is 4.79 Å². The molecule has 27 heavy (non-hydrogen) atoms. The van der Waals surface area contributed by atoms with Gasteiger partial charge in [0.05, 0.1) is 17.3 Å². The summed E-state index contributed by atoms with van der Waals surface area (Å²) in [5.74, 6) is 1.18. The second-order valence-corrected chi connectivity index (χ2v) is 7.89. The number of nitrogens with zero attached hydrogens (tertiary/aromatic N) is 5. The minimum atomic E-state index is 0.0611. The number of fused-ring (bicyclic) bond motifs is 1. The molecule has 0 radical (unpaired) electrons. The van der Waals surface area contributed by atoms with Gasteiger partial charge < -0.3 is 14.4 Å². The molecule has 2 aromatic heterocycles. The van der Waals surface area contributed by atoms with E-state index in [4.69, 9.17) is 4.98 Å². The number of carbonyl (C=O) groups excluding carboxylic acids is 1. The van der Waals surface area contributed by atoms with Crippen LogP contribution in [-0.4, -0.2) is 45.0 Å². The van der Waals surface area contributed by atoms with E-state index in [1.807, 2.05) is 4.90 Å². The third-order valence-corrected chi connectivity index (χ3v) is 5.79. The maximum Gasteiger partial charge on any atom is 0.257 e. The molecule has 0 bridgehead atoms. The Balaban J connectivity index is 1.65. The Bertz CT molecular complexity index is 822. The Labute approximate surface area is 161 Å². The van der Waals surface area contributed by atoms with Gasteiger partial charge in [0.25, 0.3) is 5.91 Å². The molecular formula is C21H29N5O. The number of amides is 1. The van der Waals surface area contributed by atoms with Crippen LogP contribution in [0.3, 0.4) is 0 Å². The highest BCUT2D eigenvalue weighted by Gasteiger charge is 2.34. The first kappa shape index (κ1) is 18.0. The molecule has 144 valence electrons. The van der Waals surface area contributed by atoms with Crippen molar-refractivity contribution in [2.24, 2.45) is 5.92 Å². The minimum Gasteiger partial charge on any atom is -0.348 e. The first-order valence-electron chi connectivity index (χ1n) is 10.2. The lowest BCUT2D eigenvalue weighted by Crippen LogP contribution is -2.44. The number of hydrogen-bond donors (Lipinski definition) is 0. The standard InChI is InChI=1S/C21H29N5O/c1-4-17-16(14-22-21(23-17)25-9-5-6-10-25)20(27)26-13-12-24-11-7-8-18(24)19(26)15(2)3/h7-8,11,14-15,19H,4-6,9-10,12-13H2,1-3H3/t19-/m1/s1. The van der Waals surface area contributed by atoms with Crippen molar-refractivity contribution >= 4 is 11.9 Å². The van der Waals surface area contributed by atoms with Crippen LogP contribution in [0.5, 0.6) is 0 Å². The van der Waals surface area contributed by atoms with Gasteiger partial charge in [0.2, 0.25) is 5.95 Å². The fraction of sp³-hybridized carbons (Fsp3) is 0.571. The van der Waals surface area contributed by atoms with E-state index in [9.17, 15) is 4.79 Å². The molecule has 6 heteroatoms. The molecule has 0 spiro atoms. The van der Waals surface area contributed by atoms with Gasteiger partial charge in [-0.3, -0.25) is 4.79 Å². The zero-order valence-corrected chi connectivity index (χ0v) is 16.6. The number of anilines is 1. The summed E-state index contributed by atoms with van der Waals surface area (Å²) >= 11 is 0. The monoisotopic (exact) mass is 367 g/mol. The third-order valence-electron chi connectivity index (χ3n) is 5.79. The van der Waals surface area contributed by atoms with Crippen molar-refractivity contribution in [3.05, 3.63) is 41.5 Å². The molecule has 0 N–H and O–H groups in total. The fourth-order valence-corrected chi connectivity index (χ4v) is 4.42. The van der Waals surface area contributed by atoms with E-state index in [1.54, 1.807) is 6.20 Å². The quantitative estimate of drug-likeness (QED) is 0.832. The van der Waals surface area contributed by atoms with Crippen molar-refractivity contribution in [2.75, 3.05) is 24.5 Å². The molecule has 0 aliphatic carbocycles. The number of carbonyl (C=O) groups is 1. The van der Waals surface area contributed by atoms with Crippen molar-refractivity contribution in [3.63, 3.8) is 0 Å². The summed E-state index contributed by atoms with van der Waals surface area (Å²) in [6, 6.07) is 4.30. The summed E-state index contributed by atoms with van der Waals surface area (Å²) in [7, 11) is 0. The zero-order valence-electron chi connectivity index (χ0n) is 16.6. The third kappa shape index (κ3) is 3.22. The smallest absolute Gasteiger partial charge is 0.257 e. The summed E-state index contributed by atoms with van der Waals surface area (Å²) < 4.78 is 2.27. The molecule has 1 atom stereocenters. The maximum atomic E-state index is 13.5. The van der Waals surface area contributed by atoms with E-state index in [0.717, 1.165) is 44.2 Å². The average Bonchev–Trinajstić information content (AvgIpc) is 3.37. The molecule has 1 amide bonds. The van der Waals surface area contributed by atoms with E-state index < -0.39 is 0 Å². The molecule has 0 unspecified atom stereocenters. The SMILES string of the molecule is CCc1nc(N2CCCC2)ncc1C(=O)N1CCn2cccc2[C@H]1C(C)C. The second-order valence-electron chi connectivity index (χ2n) is 7.89. The van der Waals surface area contributed by atoms with E-state index in [2.05, 4.69) is 53.6 Å². The average molecular weight is 367 g/mol. The maximum absolute atomic E-state index is 13.5. The van der Waals surface area contributed by atoms with Crippen LogP contribution in [0.1, 0.15) is 61.4 Å².